The molecule has 0 unspecified atom stereocenters. The van der Waals surface area contributed by atoms with Crippen molar-refractivity contribution in [3.63, 3.8) is 0 Å². The van der Waals surface area contributed by atoms with Crippen LogP contribution in [0.4, 0.5) is 5.69 Å². The molecule has 1 aromatic heterocycles. The zero-order chi connectivity index (χ0) is 18.8. The highest BCUT2D eigenvalue weighted by Crippen LogP contribution is 2.29. The number of hydrogen-bond acceptors (Lipinski definition) is 5. The summed E-state index contributed by atoms with van der Waals surface area (Å²) in [6, 6.07) is 10.6. The lowest BCUT2D eigenvalue weighted by atomic mass is 9.94. The van der Waals surface area contributed by atoms with Crippen molar-refractivity contribution in [2.45, 2.75) is 38.1 Å². The lowest BCUT2D eigenvalue weighted by Crippen LogP contribution is -2.41. The van der Waals surface area contributed by atoms with Crippen LogP contribution in [0.5, 0.6) is 0 Å². The molecule has 1 aliphatic heterocycles. The van der Waals surface area contributed by atoms with E-state index in [0.29, 0.717) is 28.0 Å². The number of benzene rings is 1. The normalized spacial score (nSPS) is 19.6. The first-order chi connectivity index (χ1) is 13.2. The van der Waals surface area contributed by atoms with Gasteiger partial charge in [0.1, 0.15) is 22.9 Å². The van der Waals surface area contributed by atoms with Crippen molar-refractivity contribution in [3.05, 3.63) is 52.8 Å². The number of hydrogen-bond donors (Lipinski definition) is 1. The van der Waals surface area contributed by atoms with E-state index in [0.717, 1.165) is 31.2 Å². The lowest BCUT2D eigenvalue weighted by Gasteiger charge is -2.29. The number of thiocarbonyl (C=S) groups is 1. The fourth-order valence-corrected chi connectivity index (χ4v) is 4.01. The molecule has 2 heterocycles. The van der Waals surface area contributed by atoms with Gasteiger partial charge in [0.2, 0.25) is 0 Å². The lowest BCUT2D eigenvalue weighted by molar-refractivity contribution is -0.124. The van der Waals surface area contributed by atoms with Crippen LogP contribution in [-0.2, 0) is 4.79 Å². The highest BCUT2D eigenvalue weighted by molar-refractivity contribution is 7.80. The largest absolute Gasteiger partial charge is 0.457 e. The Balaban J connectivity index is 1.55. The van der Waals surface area contributed by atoms with Gasteiger partial charge < -0.3 is 9.73 Å². The van der Waals surface area contributed by atoms with Crippen LogP contribution in [-0.4, -0.2) is 22.0 Å². The van der Waals surface area contributed by atoms with Crippen molar-refractivity contribution in [1.82, 2.24) is 10.2 Å². The summed E-state index contributed by atoms with van der Waals surface area (Å²) in [5.74, 6) is 1.04. The molecule has 1 aromatic carbocycles. The standard InChI is InChI=1S/C20H19N3O3S/c24-19-17(21-20(27)23(19)15-7-2-1-3-8-15)12-16-9-10-18(26-16)13-5-4-6-14(11-13)22-25/h4-6,9-12,15H,1-3,7-8H2,(H,21,27)/b17-12-. The molecular weight excluding hydrogens is 362 g/mol. The summed E-state index contributed by atoms with van der Waals surface area (Å²) in [6.07, 6.45) is 7.14. The van der Waals surface area contributed by atoms with E-state index in [9.17, 15) is 9.70 Å². The van der Waals surface area contributed by atoms with Crippen molar-refractivity contribution in [2.24, 2.45) is 5.18 Å². The topological polar surface area (TPSA) is 74.9 Å². The van der Waals surface area contributed by atoms with E-state index in [1.165, 1.54) is 6.42 Å². The maximum atomic E-state index is 12.8. The molecule has 2 aliphatic rings. The van der Waals surface area contributed by atoms with Gasteiger partial charge in [-0.3, -0.25) is 9.69 Å². The summed E-state index contributed by atoms with van der Waals surface area (Å²) in [5, 5.41) is 6.43. The van der Waals surface area contributed by atoms with E-state index in [1.54, 1.807) is 41.3 Å². The summed E-state index contributed by atoms with van der Waals surface area (Å²) in [6.45, 7) is 0. The number of nitrogens with one attached hydrogen (secondary N) is 1. The molecule has 1 amide bonds. The molecule has 6 nitrogen and oxygen atoms in total. The number of carbonyl (C=O) groups excluding carboxylic acids is 1. The van der Waals surface area contributed by atoms with Gasteiger partial charge in [-0.25, -0.2) is 0 Å². The Morgan fingerprint density at radius 1 is 1.19 bits per heavy atom. The van der Waals surface area contributed by atoms with E-state index in [1.807, 2.05) is 6.07 Å². The fraction of sp³-hybridized carbons (Fsp3) is 0.300. The zero-order valence-corrected chi connectivity index (χ0v) is 15.5. The minimum atomic E-state index is -0.1000. The second kappa shape index (κ2) is 7.44. The summed E-state index contributed by atoms with van der Waals surface area (Å²) >= 11 is 5.38. The van der Waals surface area contributed by atoms with Crippen LogP contribution in [0.2, 0.25) is 0 Å². The van der Waals surface area contributed by atoms with Gasteiger partial charge in [-0.1, -0.05) is 31.4 Å². The zero-order valence-electron chi connectivity index (χ0n) is 14.7. The van der Waals surface area contributed by atoms with Crippen LogP contribution in [0.15, 0.2) is 51.7 Å². The Labute approximate surface area is 162 Å². The van der Waals surface area contributed by atoms with Gasteiger partial charge in [0.05, 0.1) is 0 Å². The van der Waals surface area contributed by atoms with Crippen LogP contribution in [0.1, 0.15) is 37.9 Å². The van der Waals surface area contributed by atoms with Crippen LogP contribution in [0.25, 0.3) is 17.4 Å². The Bertz CT molecular complexity index is 928. The fourth-order valence-electron chi connectivity index (χ4n) is 3.66. The third-order valence-electron chi connectivity index (χ3n) is 5.00. The van der Waals surface area contributed by atoms with Crippen molar-refractivity contribution in [3.8, 4) is 11.3 Å². The summed E-state index contributed by atoms with van der Waals surface area (Å²) < 4.78 is 5.82. The van der Waals surface area contributed by atoms with Gasteiger partial charge >= 0.3 is 0 Å². The molecule has 2 aromatic rings. The van der Waals surface area contributed by atoms with Crippen molar-refractivity contribution >= 4 is 35.0 Å². The molecular formula is C20H19N3O3S. The van der Waals surface area contributed by atoms with E-state index in [2.05, 4.69) is 10.5 Å². The van der Waals surface area contributed by atoms with Crippen LogP contribution >= 0.6 is 12.2 Å². The minimum absolute atomic E-state index is 0.1000. The van der Waals surface area contributed by atoms with E-state index < -0.39 is 0 Å². The molecule has 4 rings (SSSR count). The smallest absolute Gasteiger partial charge is 0.276 e. The highest BCUT2D eigenvalue weighted by Gasteiger charge is 2.36. The van der Waals surface area contributed by atoms with E-state index >= 15 is 0 Å². The molecule has 1 saturated heterocycles. The Morgan fingerprint density at radius 2 is 2.00 bits per heavy atom. The molecule has 138 valence electrons. The molecule has 0 bridgehead atoms. The first kappa shape index (κ1) is 17.6. The number of amides is 1. The molecule has 1 saturated carbocycles. The SMILES string of the molecule is O=Nc1cccc(-c2ccc(/C=C3\NC(=S)N(C4CCCCC4)C3=O)o2)c1. The monoisotopic (exact) mass is 381 g/mol. The molecule has 0 radical (unpaired) electrons. The van der Waals surface area contributed by atoms with Gasteiger partial charge in [0.15, 0.2) is 5.11 Å². The second-order valence-electron chi connectivity index (χ2n) is 6.80. The van der Waals surface area contributed by atoms with E-state index in [-0.39, 0.29) is 11.9 Å². The van der Waals surface area contributed by atoms with Gasteiger partial charge in [0.25, 0.3) is 5.91 Å². The molecule has 27 heavy (non-hydrogen) atoms. The number of furan rings is 1. The Hall–Kier alpha value is -2.80. The van der Waals surface area contributed by atoms with Crippen LogP contribution in [0.3, 0.4) is 0 Å². The predicted octanol–water partition coefficient (Wildman–Crippen LogP) is 4.73. The molecule has 0 atom stereocenters. The molecule has 7 heteroatoms. The first-order valence-corrected chi connectivity index (χ1v) is 9.46. The first-order valence-electron chi connectivity index (χ1n) is 9.05. The maximum absolute atomic E-state index is 12.8. The maximum Gasteiger partial charge on any atom is 0.276 e. The summed E-state index contributed by atoms with van der Waals surface area (Å²) in [7, 11) is 0. The number of rotatable bonds is 4. The van der Waals surface area contributed by atoms with Gasteiger partial charge in [-0.05, 0) is 54.5 Å². The Kier molecular flexibility index (Phi) is 4.85. The molecule has 2 fully saturated rings. The highest BCUT2D eigenvalue weighted by atomic mass is 32.1. The second-order valence-corrected chi connectivity index (χ2v) is 7.19. The van der Waals surface area contributed by atoms with Gasteiger partial charge in [0, 0.05) is 17.7 Å². The van der Waals surface area contributed by atoms with Gasteiger partial charge in [-0.2, -0.15) is 0 Å². The summed E-state index contributed by atoms with van der Waals surface area (Å²) in [4.78, 5) is 25.2. The number of nitrogens with zero attached hydrogens (tertiary/aromatic N) is 2. The molecule has 1 N–H and O–H groups in total. The van der Waals surface area contributed by atoms with Crippen molar-refractivity contribution in [1.29, 1.82) is 0 Å². The molecule has 1 aliphatic carbocycles. The number of nitroso groups, excluding NO2 is 1. The van der Waals surface area contributed by atoms with Crippen LogP contribution in [0, 0.1) is 4.91 Å². The van der Waals surface area contributed by atoms with Gasteiger partial charge in [-0.15, -0.1) is 4.91 Å². The van der Waals surface area contributed by atoms with Crippen molar-refractivity contribution < 1.29 is 9.21 Å². The third kappa shape index (κ3) is 3.55. The van der Waals surface area contributed by atoms with Crippen molar-refractivity contribution in [2.75, 3.05) is 0 Å². The third-order valence-corrected chi connectivity index (χ3v) is 5.30. The number of carbonyl (C=O) groups is 1. The minimum Gasteiger partial charge on any atom is -0.457 e. The molecule has 0 spiro atoms. The van der Waals surface area contributed by atoms with Crippen LogP contribution < -0.4 is 5.32 Å². The average molecular weight is 381 g/mol. The predicted molar refractivity (Wildman–Crippen MR) is 107 cm³/mol. The summed E-state index contributed by atoms with van der Waals surface area (Å²) in [5.41, 5.74) is 1.52. The quantitative estimate of drug-likeness (QED) is 0.471. The van der Waals surface area contributed by atoms with E-state index in [4.69, 9.17) is 16.6 Å². The average Bonchev–Trinajstić information content (AvgIpc) is 3.27. The Morgan fingerprint density at radius 3 is 2.78 bits per heavy atom.